The van der Waals surface area contributed by atoms with Gasteiger partial charge in [0, 0.05) is 5.69 Å². The second kappa shape index (κ2) is 5.73. The van der Waals surface area contributed by atoms with Crippen molar-refractivity contribution in [3.8, 4) is 5.75 Å². The van der Waals surface area contributed by atoms with Crippen LogP contribution in [0.15, 0.2) is 24.3 Å². The topological polar surface area (TPSA) is 58.6 Å². The largest absolute Gasteiger partial charge is 0.497 e. The number of aliphatic carboxylic acids is 1. The van der Waals surface area contributed by atoms with Crippen molar-refractivity contribution in [1.29, 1.82) is 0 Å². The number of nitrogens with one attached hydrogen (secondary N) is 1. The molecule has 1 aromatic rings. The first kappa shape index (κ1) is 14.7. The summed E-state index contributed by atoms with van der Waals surface area (Å²) in [6.45, 7) is 4.22. The quantitative estimate of drug-likeness (QED) is 0.885. The summed E-state index contributed by atoms with van der Waals surface area (Å²) in [6.07, 6.45) is 2.55. The number of hydrogen-bond donors (Lipinski definition) is 2. The molecular weight excluding hydrogens is 254 g/mol. The van der Waals surface area contributed by atoms with Gasteiger partial charge in [0.25, 0.3) is 0 Å². The zero-order valence-electron chi connectivity index (χ0n) is 12.3. The number of anilines is 1. The van der Waals surface area contributed by atoms with Crippen molar-refractivity contribution in [2.24, 2.45) is 11.8 Å². The normalized spacial score (nSPS) is 29.8. The highest BCUT2D eigenvalue weighted by molar-refractivity contribution is 5.83. The smallest absolute Gasteiger partial charge is 0.329 e. The molecule has 0 radical (unpaired) electrons. The van der Waals surface area contributed by atoms with Crippen LogP contribution in [0, 0.1) is 11.8 Å². The minimum absolute atomic E-state index is 0.103. The van der Waals surface area contributed by atoms with E-state index in [4.69, 9.17) is 4.74 Å². The molecule has 1 aliphatic rings. The molecule has 0 saturated heterocycles. The molecule has 0 amide bonds. The van der Waals surface area contributed by atoms with E-state index >= 15 is 0 Å². The van der Waals surface area contributed by atoms with Crippen molar-refractivity contribution < 1.29 is 14.6 Å². The minimum atomic E-state index is -0.860. The van der Waals surface area contributed by atoms with E-state index in [-0.39, 0.29) is 5.92 Å². The maximum Gasteiger partial charge on any atom is 0.329 e. The molecule has 4 heteroatoms. The van der Waals surface area contributed by atoms with Crippen LogP contribution in [0.3, 0.4) is 0 Å². The first-order valence-electron chi connectivity index (χ1n) is 7.13. The number of carboxylic acids is 1. The van der Waals surface area contributed by atoms with Gasteiger partial charge in [-0.25, -0.2) is 4.79 Å². The fourth-order valence-corrected chi connectivity index (χ4v) is 3.13. The minimum Gasteiger partial charge on any atom is -0.497 e. The molecule has 0 aliphatic heterocycles. The van der Waals surface area contributed by atoms with Gasteiger partial charge in [-0.2, -0.15) is 0 Å². The third-order valence-corrected chi connectivity index (χ3v) is 4.47. The number of ether oxygens (including phenoxy) is 1. The maximum atomic E-state index is 11.8. The first-order valence-corrected chi connectivity index (χ1v) is 7.13. The molecule has 1 saturated carbocycles. The van der Waals surface area contributed by atoms with Crippen LogP contribution in [0.25, 0.3) is 0 Å². The average Bonchev–Trinajstić information content (AvgIpc) is 2.42. The SMILES string of the molecule is COc1ccc(NC2(C(=O)O)CCC(C)CC2C)cc1. The number of rotatable bonds is 4. The zero-order valence-corrected chi connectivity index (χ0v) is 12.3. The van der Waals surface area contributed by atoms with Crippen molar-refractivity contribution in [3.05, 3.63) is 24.3 Å². The van der Waals surface area contributed by atoms with Crippen LogP contribution in [0.1, 0.15) is 33.1 Å². The van der Waals surface area contributed by atoms with Crippen molar-refractivity contribution >= 4 is 11.7 Å². The number of methoxy groups -OCH3 is 1. The predicted octanol–water partition coefficient (Wildman–Crippen LogP) is 3.39. The van der Waals surface area contributed by atoms with E-state index in [2.05, 4.69) is 12.2 Å². The summed E-state index contributed by atoms with van der Waals surface area (Å²) in [5.41, 5.74) is -0.0317. The second-order valence-corrected chi connectivity index (χ2v) is 5.91. The van der Waals surface area contributed by atoms with Crippen LogP contribution in [-0.4, -0.2) is 23.7 Å². The van der Waals surface area contributed by atoms with Gasteiger partial charge in [-0.1, -0.05) is 13.8 Å². The van der Waals surface area contributed by atoms with Gasteiger partial charge >= 0.3 is 5.97 Å². The van der Waals surface area contributed by atoms with E-state index in [9.17, 15) is 9.90 Å². The zero-order chi connectivity index (χ0) is 14.8. The average molecular weight is 277 g/mol. The van der Waals surface area contributed by atoms with Crippen LogP contribution in [0.5, 0.6) is 5.75 Å². The van der Waals surface area contributed by atoms with Gasteiger partial charge in [0.05, 0.1) is 7.11 Å². The summed E-state index contributed by atoms with van der Waals surface area (Å²) < 4.78 is 5.12. The number of benzene rings is 1. The number of carboxylic acid groups (broad SMARTS) is 1. The van der Waals surface area contributed by atoms with Crippen LogP contribution in [-0.2, 0) is 4.79 Å². The van der Waals surface area contributed by atoms with E-state index in [1.54, 1.807) is 7.11 Å². The van der Waals surface area contributed by atoms with Gasteiger partial charge in [-0.3, -0.25) is 0 Å². The Morgan fingerprint density at radius 1 is 1.35 bits per heavy atom. The van der Waals surface area contributed by atoms with Crippen molar-refractivity contribution in [3.63, 3.8) is 0 Å². The highest BCUT2D eigenvalue weighted by Crippen LogP contribution is 2.39. The Labute approximate surface area is 120 Å². The Kier molecular flexibility index (Phi) is 4.21. The maximum absolute atomic E-state index is 11.8. The van der Waals surface area contributed by atoms with Crippen molar-refractivity contribution in [2.45, 2.75) is 38.6 Å². The third-order valence-electron chi connectivity index (χ3n) is 4.47. The standard InChI is InChI=1S/C16H23NO3/c1-11-8-9-16(15(18)19,12(2)10-11)17-13-4-6-14(20-3)7-5-13/h4-7,11-12,17H,8-10H2,1-3H3,(H,18,19). The van der Waals surface area contributed by atoms with Crippen molar-refractivity contribution in [2.75, 3.05) is 12.4 Å². The Bertz CT molecular complexity index is 471. The van der Waals surface area contributed by atoms with Gasteiger partial charge in [-0.05, 0) is 55.4 Å². The van der Waals surface area contributed by atoms with Crippen LogP contribution >= 0.6 is 0 Å². The Hall–Kier alpha value is -1.71. The molecule has 1 aliphatic carbocycles. The molecule has 0 spiro atoms. The summed E-state index contributed by atoms with van der Waals surface area (Å²) in [5.74, 6) is 0.707. The molecule has 1 fully saturated rings. The summed E-state index contributed by atoms with van der Waals surface area (Å²) >= 11 is 0. The van der Waals surface area contributed by atoms with Crippen molar-refractivity contribution in [1.82, 2.24) is 0 Å². The molecule has 0 aromatic heterocycles. The Balaban J connectivity index is 2.22. The van der Waals surface area contributed by atoms with Gasteiger partial charge in [0.1, 0.15) is 11.3 Å². The predicted molar refractivity (Wildman–Crippen MR) is 79.2 cm³/mol. The van der Waals surface area contributed by atoms with Gasteiger partial charge < -0.3 is 15.2 Å². The molecule has 4 nitrogen and oxygen atoms in total. The highest BCUT2D eigenvalue weighted by Gasteiger charge is 2.46. The molecule has 3 atom stereocenters. The Morgan fingerprint density at radius 3 is 2.50 bits per heavy atom. The molecule has 1 aromatic carbocycles. The van der Waals surface area contributed by atoms with Gasteiger partial charge in [-0.15, -0.1) is 0 Å². The van der Waals surface area contributed by atoms with Crippen LogP contribution in [0.2, 0.25) is 0 Å². The molecule has 0 heterocycles. The van der Waals surface area contributed by atoms with Gasteiger partial charge in [0.15, 0.2) is 0 Å². The molecular formula is C16H23NO3. The highest BCUT2D eigenvalue weighted by atomic mass is 16.5. The molecule has 0 bridgehead atoms. The van der Waals surface area contributed by atoms with E-state index < -0.39 is 11.5 Å². The summed E-state index contributed by atoms with van der Waals surface area (Å²) in [5, 5.41) is 13.0. The van der Waals surface area contributed by atoms with E-state index in [1.807, 2.05) is 31.2 Å². The lowest BCUT2D eigenvalue weighted by atomic mass is 9.70. The van der Waals surface area contributed by atoms with Gasteiger partial charge in [0.2, 0.25) is 0 Å². The lowest BCUT2D eigenvalue weighted by Gasteiger charge is -2.42. The molecule has 2 N–H and O–H groups in total. The van der Waals surface area contributed by atoms with E-state index in [0.717, 1.165) is 24.3 Å². The number of carbonyl (C=O) groups is 1. The van der Waals surface area contributed by atoms with Crippen LogP contribution in [0.4, 0.5) is 5.69 Å². The summed E-state index contributed by atoms with van der Waals surface area (Å²) in [6, 6.07) is 7.42. The first-order chi connectivity index (χ1) is 9.48. The summed E-state index contributed by atoms with van der Waals surface area (Å²) in [7, 11) is 1.62. The van der Waals surface area contributed by atoms with E-state index in [0.29, 0.717) is 12.3 Å². The monoisotopic (exact) mass is 277 g/mol. The third kappa shape index (κ3) is 2.74. The second-order valence-electron chi connectivity index (χ2n) is 5.91. The Morgan fingerprint density at radius 2 is 2.00 bits per heavy atom. The summed E-state index contributed by atoms with van der Waals surface area (Å²) in [4.78, 5) is 11.8. The fourth-order valence-electron chi connectivity index (χ4n) is 3.13. The molecule has 20 heavy (non-hydrogen) atoms. The van der Waals surface area contributed by atoms with Crippen LogP contribution < -0.4 is 10.1 Å². The molecule has 2 rings (SSSR count). The fraction of sp³-hybridized carbons (Fsp3) is 0.562. The number of hydrogen-bond acceptors (Lipinski definition) is 3. The molecule has 110 valence electrons. The lowest BCUT2D eigenvalue weighted by Crippen LogP contribution is -2.54. The van der Waals surface area contributed by atoms with E-state index in [1.165, 1.54) is 0 Å². The lowest BCUT2D eigenvalue weighted by molar-refractivity contribution is -0.145. The molecule has 3 unspecified atom stereocenters.